The molecule has 3 rings (SSSR count). The molecular formula is C20H28O3. The van der Waals surface area contributed by atoms with Gasteiger partial charge >= 0.3 is 0 Å². The summed E-state index contributed by atoms with van der Waals surface area (Å²) in [4.78, 5) is 13.1. The van der Waals surface area contributed by atoms with Crippen molar-refractivity contribution >= 4 is 5.78 Å². The molecule has 4 atom stereocenters. The minimum absolute atomic E-state index is 0.0718. The first kappa shape index (κ1) is 16.7. The zero-order valence-electron chi connectivity index (χ0n) is 14.4. The summed E-state index contributed by atoms with van der Waals surface area (Å²) in [5.41, 5.74) is 3.46. The van der Waals surface area contributed by atoms with E-state index in [1.807, 2.05) is 6.92 Å². The van der Waals surface area contributed by atoms with E-state index < -0.39 is 18.1 Å². The summed E-state index contributed by atoms with van der Waals surface area (Å²) in [6.07, 6.45) is 4.64. The summed E-state index contributed by atoms with van der Waals surface area (Å²) in [6.45, 7) is 10.3. The lowest BCUT2D eigenvalue weighted by atomic mass is 9.63. The van der Waals surface area contributed by atoms with E-state index >= 15 is 0 Å². The Bertz CT molecular complexity index is 608. The van der Waals surface area contributed by atoms with E-state index in [4.69, 9.17) is 0 Å². The monoisotopic (exact) mass is 316 g/mol. The molecule has 126 valence electrons. The highest BCUT2D eigenvalue weighted by Gasteiger charge is 2.51. The van der Waals surface area contributed by atoms with Crippen molar-refractivity contribution in [1.29, 1.82) is 0 Å². The van der Waals surface area contributed by atoms with Gasteiger partial charge in [-0.2, -0.15) is 0 Å². The predicted octanol–water partition coefficient (Wildman–Crippen LogP) is 3.33. The highest BCUT2D eigenvalue weighted by Crippen LogP contribution is 2.53. The molecule has 0 aromatic rings. The van der Waals surface area contributed by atoms with Gasteiger partial charge in [0.15, 0.2) is 5.78 Å². The Kier molecular flexibility index (Phi) is 4.14. The molecule has 0 aromatic heterocycles. The van der Waals surface area contributed by atoms with Gasteiger partial charge in [-0.3, -0.25) is 4.79 Å². The molecule has 0 unspecified atom stereocenters. The summed E-state index contributed by atoms with van der Waals surface area (Å²) < 4.78 is 0. The van der Waals surface area contributed by atoms with Crippen LogP contribution in [0.5, 0.6) is 0 Å². The zero-order valence-corrected chi connectivity index (χ0v) is 14.4. The van der Waals surface area contributed by atoms with E-state index in [2.05, 4.69) is 20.4 Å². The van der Waals surface area contributed by atoms with Crippen LogP contribution in [-0.4, -0.2) is 28.2 Å². The zero-order chi connectivity index (χ0) is 16.9. The third-order valence-corrected chi connectivity index (χ3v) is 6.24. The summed E-state index contributed by atoms with van der Waals surface area (Å²) in [7, 11) is 0. The van der Waals surface area contributed by atoms with E-state index in [1.165, 1.54) is 0 Å². The predicted molar refractivity (Wildman–Crippen MR) is 90.8 cm³/mol. The van der Waals surface area contributed by atoms with Crippen molar-refractivity contribution in [3.8, 4) is 0 Å². The molecule has 2 N–H and O–H groups in total. The van der Waals surface area contributed by atoms with Crippen LogP contribution >= 0.6 is 0 Å². The van der Waals surface area contributed by atoms with Crippen molar-refractivity contribution in [3.05, 3.63) is 34.9 Å². The maximum Gasteiger partial charge on any atom is 0.169 e. The molecule has 0 radical (unpaired) electrons. The van der Waals surface area contributed by atoms with Gasteiger partial charge in [0.05, 0.1) is 18.1 Å². The van der Waals surface area contributed by atoms with Crippen LogP contribution in [0.25, 0.3) is 0 Å². The van der Waals surface area contributed by atoms with Crippen molar-refractivity contribution in [1.82, 2.24) is 0 Å². The summed E-state index contributed by atoms with van der Waals surface area (Å²) in [5.74, 6) is -0.0170. The standard InChI is InChI=1S/C20H28O3/c1-11-5-6-13-7-8-15-17(20(13,3)4)19(23)16(18(15)22)12(2)10-14(21)9-11/h10,13-14,16,18,21-22H,1,5-9H2,2-4H3/t13-,14-,16+,18+/m1/s1. The normalized spacial score (nSPS) is 37.5. The first-order valence-corrected chi connectivity index (χ1v) is 8.72. The molecule has 0 amide bonds. The van der Waals surface area contributed by atoms with Gasteiger partial charge in [0.2, 0.25) is 0 Å². The maximum absolute atomic E-state index is 13.1. The maximum atomic E-state index is 13.1. The average Bonchev–Trinajstić information content (AvgIpc) is 2.69. The fraction of sp³-hybridized carbons (Fsp3) is 0.650. The molecular weight excluding hydrogens is 288 g/mol. The van der Waals surface area contributed by atoms with Crippen LogP contribution in [0.3, 0.4) is 0 Å². The van der Waals surface area contributed by atoms with E-state index in [9.17, 15) is 15.0 Å². The number of hydrogen-bond acceptors (Lipinski definition) is 3. The van der Waals surface area contributed by atoms with Crippen LogP contribution in [-0.2, 0) is 4.79 Å². The molecule has 3 aliphatic rings. The Labute approximate surface area is 138 Å². The van der Waals surface area contributed by atoms with Crippen molar-refractivity contribution in [2.45, 2.75) is 65.1 Å². The third-order valence-electron chi connectivity index (χ3n) is 6.24. The molecule has 0 saturated heterocycles. The molecule has 3 heteroatoms. The molecule has 3 bridgehead atoms. The van der Waals surface area contributed by atoms with Gasteiger partial charge in [-0.1, -0.05) is 37.6 Å². The van der Waals surface area contributed by atoms with Crippen molar-refractivity contribution in [3.63, 3.8) is 0 Å². The Morgan fingerprint density at radius 3 is 2.57 bits per heavy atom. The Hall–Kier alpha value is -1.19. The molecule has 0 aliphatic heterocycles. The molecule has 0 spiro atoms. The van der Waals surface area contributed by atoms with Gasteiger partial charge in [-0.15, -0.1) is 0 Å². The Morgan fingerprint density at radius 1 is 1.22 bits per heavy atom. The smallest absolute Gasteiger partial charge is 0.169 e. The van der Waals surface area contributed by atoms with Gasteiger partial charge in [-0.25, -0.2) is 0 Å². The summed E-state index contributed by atoms with van der Waals surface area (Å²) in [5, 5.41) is 21.0. The molecule has 23 heavy (non-hydrogen) atoms. The number of ketones is 1. The quantitative estimate of drug-likeness (QED) is 0.674. The number of aliphatic hydroxyl groups excluding tert-OH is 2. The Balaban J connectivity index is 2.10. The van der Waals surface area contributed by atoms with Crippen LogP contribution in [0.1, 0.15) is 52.9 Å². The topological polar surface area (TPSA) is 57.5 Å². The minimum atomic E-state index is -0.717. The lowest BCUT2D eigenvalue weighted by molar-refractivity contribution is -0.120. The summed E-state index contributed by atoms with van der Waals surface area (Å²) >= 11 is 0. The van der Waals surface area contributed by atoms with E-state index in [1.54, 1.807) is 6.08 Å². The molecule has 0 fully saturated rings. The SMILES string of the molecule is C=C1CC[C@@H]2CCC3=C(C(=O)[C@@H](C(C)=C[C@H](O)C1)[C@H]3O)C2(C)C. The molecule has 0 saturated carbocycles. The van der Waals surface area contributed by atoms with Crippen LogP contribution in [0.2, 0.25) is 0 Å². The van der Waals surface area contributed by atoms with Gasteiger partial charge < -0.3 is 10.2 Å². The number of Topliss-reactive ketones (excluding diaryl/α,β-unsaturated/α-hetero) is 1. The fourth-order valence-electron chi connectivity index (χ4n) is 4.91. The number of carbonyl (C=O) groups is 1. The first-order valence-electron chi connectivity index (χ1n) is 8.72. The highest BCUT2D eigenvalue weighted by molar-refractivity contribution is 6.04. The lowest BCUT2D eigenvalue weighted by Gasteiger charge is -2.40. The number of fused-ring (bicyclic) bond motifs is 2. The van der Waals surface area contributed by atoms with Gasteiger partial charge in [0.1, 0.15) is 0 Å². The second kappa shape index (κ2) is 5.71. The van der Waals surface area contributed by atoms with Gasteiger partial charge in [0, 0.05) is 5.57 Å². The lowest BCUT2D eigenvalue weighted by Crippen LogP contribution is -2.33. The van der Waals surface area contributed by atoms with E-state index in [0.29, 0.717) is 12.3 Å². The second-order valence-corrected chi connectivity index (χ2v) is 8.12. The number of rotatable bonds is 0. The number of aliphatic hydroxyl groups is 2. The molecule has 3 nitrogen and oxygen atoms in total. The van der Waals surface area contributed by atoms with Crippen LogP contribution in [0, 0.1) is 17.3 Å². The van der Waals surface area contributed by atoms with Crippen molar-refractivity contribution < 1.29 is 15.0 Å². The Morgan fingerprint density at radius 2 is 1.87 bits per heavy atom. The first-order chi connectivity index (χ1) is 10.7. The molecule has 0 heterocycles. The number of allylic oxidation sites excluding steroid dienone is 1. The number of carbonyl (C=O) groups excluding carboxylic acids is 1. The highest BCUT2D eigenvalue weighted by atomic mass is 16.3. The van der Waals surface area contributed by atoms with Crippen LogP contribution < -0.4 is 0 Å². The van der Waals surface area contributed by atoms with E-state index in [0.717, 1.165) is 48.0 Å². The van der Waals surface area contributed by atoms with Crippen molar-refractivity contribution in [2.24, 2.45) is 17.3 Å². The van der Waals surface area contributed by atoms with Gasteiger partial charge in [-0.05, 0) is 55.9 Å². The minimum Gasteiger partial charge on any atom is -0.389 e. The van der Waals surface area contributed by atoms with Crippen LogP contribution in [0.15, 0.2) is 34.9 Å². The molecule has 3 aliphatic carbocycles. The summed E-state index contributed by atoms with van der Waals surface area (Å²) in [6, 6.07) is 0. The number of hydrogen-bond donors (Lipinski definition) is 2. The van der Waals surface area contributed by atoms with Crippen LogP contribution in [0.4, 0.5) is 0 Å². The second-order valence-electron chi connectivity index (χ2n) is 8.12. The fourth-order valence-corrected chi connectivity index (χ4v) is 4.91. The van der Waals surface area contributed by atoms with E-state index in [-0.39, 0.29) is 11.2 Å². The third kappa shape index (κ3) is 2.64. The van der Waals surface area contributed by atoms with Crippen molar-refractivity contribution in [2.75, 3.05) is 0 Å². The van der Waals surface area contributed by atoms with Gasteiger partial charge in [0.25, 0.3) is 0 Å². The average molecular weight is 316 g/mol. The molecule has 0 aromatic carbocycles. The largest absolute Gasteiger partial charge is 0.389 e.